The molecule has 3 aromatic rings. The van der Waals surface area contributed by atoms with E-state index in [1.54, 1.807) is 6.92 Å². The predicted octanol–water partition coefficient (Wildman–Crippen LogP) is 5.47. The second-order valence-corrected chi connectivity index (χ2v) is 9.24. The molecule has 0 amide bonds. The van der Waals surface area contributed by atoms with E-state index in [0.717, 1.165) is 48.0 Å². The van der Waals surface area contributed by atoms with Crippen molar-refractivity contribution in [1.29, 1.82) is 0 Å². The van der Waals surface area contributed by atoms with Crippen LogP contribution in [0.5, 0.6) is 11.8 Å². The van der Waals surface area contributed by atoms with Crippen molar-refractivity contribution in [2.24, 2.45) is 13.0 Å². The zero-order valence-corrected chi connectivity index (χ0v) is 19.8. The zero-order chi connectivity index (χ0) is 23.2. The fraction of sp³-hybridized carbons (Fsp3) is 0.481. The molecule has 6 nitrogen and oxygen atoms in total. The lowest BCUT2D eigenvalue weighted by molar-refractivity contribution is -0.118. The Hall–Kier alpha value is -2.86. The number of aromatic nitrogens is 2. The van der Waals surface area contributed by atoms with E-state index in [9.17, 15) is 4.79 Å². The van der Waals surface area contributed by atoms with E-state index in [1.165, 1.54) is 0 Å². The van der Waals surface area contributed by atoms with Crippen molar-refractivity contribution in [2.75, 3.05) is 6.61 Å². The highest BCUT2D eigenvalue weighted by Gasteiger charge is 2.25. The van der Waals surface area contributed by atoms with Gasteiger partial charge in [-0.1, -0.05) is 37.3 Å². The number of carbonyl (C=O) groups is 1. The largest absolute Gasteiger partial charge is 0.489 e. The predicted molar refractivity (Wildman–Crippen MR) is 129 cm³/mol. The quantitative estimate of drug-likeness (QED) is 0.410. The molecule has 1 atom stereocenters. The molecule has 6 heteroatoms. The molecular weight excluding hydrogens is 416 g/mol. The van der Waals surface area contributed by atoms with Crippen LogP contribution in [0.3, 0.4) is 0 Å². The molecule has 2 aromatic carbocycles. The highest BCUT2D eigenvalue weighted by molar-refractivity contribution is 5.78. The van der Waals surface area contributed by atoms with Crippen molar-refractivity contribution >= 4 is 16.8 Å². The summed E-state index contributed by atoms with van der Waals surface area (Å²) in [5, 5.41) is 0. The third kappa shape index (κ3) is 6.35. The van der Waals surface area contributed by atoms with Gasteiger partial charge >= 0.3 is 0 Å². The van der Waals surface area contributed by atoms with Gasteiger partial charge in [-0.15, -0.1) is 0 Å². The summed E-state index contributed by atoms with van der Waals surface area (Å²) in [7, 11) is 1.98. The second kappa shape index (κ2) is 10.8. The summed E-state index contributed by atoms with van der Waals surface area (Å²) in [5.41, 5.74) is 3.03. The van der Waals surface area contributed by atoms with Gasteiger partial charge in [0.2, 0.25) is 0 Å². The fourth-order valence-electron chi connectivity index (χ4n) is 4.40. The molecule has 0 spiro atoms. The van der Waals surface area contributed by atoms with Crippen LogP contribution in [0.1, 0.15) is 51.5 Å². The van der Waals surface area contributed by atoms with E-state index in [4.69, 9.17) is 19.2 Å². The molecule has 1 aromatic heterocycles. The van der Waals surface area contributed by atoms with Gasteiger partial charge in [0.1, 0.15) is 24.2 Å². The Morgan fingerprint density at radius 1 is 1.09 bits per heavy atom. The Morgan fingerprint density at radius 3 is 2.55 bits per heavy atom. The Labute approximate surface area is 195 Å². The number of imidazole rings is 1. The molecule has 1 aliphatic rings. The summed E-state index contributed by atoms with van der Waals surface area (Å²) in [4.78, 5) is 15.9. The van der Waals surface area contributed by atoms with Crippen molar-refractivity contribution in [2.45, 2.75) is 64.8 Å². The van der Waals surface area contributed by atoms with Gasteiger partial charge in [0.25, 0.3) is 6.01 Å². The van der Waals surface area contributed by atoms with Crippen LogP contribution in [0.2, 0.25) is 0 Å². The van der Waals surface area contributed by atoms with Gasteiger partial charge in [-0.25, -0.2) is 0 Å². The standard InChI is InChI=1S/C27H34N2O4/c1-19(15-20(2)30)17-31-22-9-11-23(12-10-22)33-27-28-25-14-13-24(16-26(25)29(27)3)32-18-21-7-5-4-6-8-21/h4-8,13-14,16,19,22-23H,9-12,15,17-18H2,1-3H3/t19-,22?,23?/m1/s1. The molecule has 4 rings (SSSR count). The molecule has 0 aliphatic heterocycles. The van der Waals surface area contributed by atoms with Crippen molar-refractivity contribution < 1.29 is 19.0 Å². The van der Waals surface area contributed by atoms with Crippen LogP contribution in [0.4, 0.5) is 0 Å². The Kier molecular flexibility index (Phi) is 7.65. The minimum atomic E-state index is 0.142. The molecule has 1 fully saturated rings. The number of Topliss-reactive ketones (excluding diaryl/α,β-unsaturated/α-hetero) is 1. The molecule has 33 heavy (non-hydrogen) atoms. The average Bonchev–Trinajstić information content (AvgIpc) is 3.12. The first kappa shape index (κ1) is 23.3. The highest BCUT2D eigenvalue weighted by Crippen LogP contribution is 2.29. The van der Waals surface area contributed by atoms with Gasteiger partial charge in [0.15, 0.2) is 0 Å². The molecule has 0 N–H and O–H groups in total. The summed E-state index contributed by atoms with van der Waals surface area (Å²) >= 11 is 0. The number of ether oxygens (including phenoxy) is 3. The van der Waals surface area contributed by atoms with Gasteiger partial charge in [0, 0.05) is 26.1 Å². The number of benzene rings is 2. The van der Waals surface area contributed by atoms with Crippen molar-refractivity contribution in [3.05, 3.63) is 54.1 Å². The fourth-order valence-corrected chi connectivity index (χ4v) is 4.40. The molecule has 0 unspecified atom stereocenters. The van der Waals surface area contributed by atoms with Crippen molar-refractivity contribution in [3.63, 3.8) is 0 Å². The number of rotatable bonds is 10. The molecule has 1 saturated carbocycles. The monoisotopic (exact) mass is 450 g/mol. The number of ketones is 1. The molecule has 0 radical (unpaired) electrons. The minimum Gasteiger partial charge on any atom is -0.489 e. The van der Waals surface area contributed by atoms with Crippen LogP contribution in [0, 0.1) is 5.92 Å². The van der Waals surface area contributed by atoms with Crippen molar-refractivity contribution in [1.82, 2.24) is 9.55 Å². The molecular formula is C27H34N2O4. The summed E-state index contributed by atoms with van der Waals surface area (Å²) < 4.78 is 20.3. The molecule has 1 heterocycles. The van der Waals surface area contributed by atoms with E-state index < -0.39 is 0 Å². The number of hydrogen-bond donors (Lipinski definition) is 0. The Bertz CT molecular complexity index is 1050. The van der Waals surface area contributed by atoms with Crippen LogP contribution in [0.15, 0.2) is 48.5 Å². The van der Waals surface area contributed by atoms with E-state index in [0.29, 0.717) is 25.6 Å². The SMILES string of the molecule is CC(=O)C[C@@H](C)COC1CCC(Oc2nc3ccc(OCc4ccccc4)cc3n2C)CC1. The normalized spacial score (nSPS) is 19.4. The van der Waals surface area contributed by atoms with Crippen LogP contribution in [-0.4, -0.2) is 34.1 Å². The van der Waals surface area contributed by atoms with Gasteiger partial charge in [-0.3, -0.25) is 4.57 Å². The lowest BCUT2D eigenvalue weighted by atomic mass is 9.95. The lowest BCUT2D eigenvalue weighted by Crippen LogP contribution is -2.30. The smallest absolute Gasteiger partial charge is 0.297 e. The highest BCUT2D eigenvalue weighted by atomic mass is 16.5. The Morgan fingerprint density at radius 2 is 1.82 bits per heavy atom. The summed E-state index contributed by atoms with van der Waals surface area (Å²) in [6, 6.07) is 16.7. The van der Waals surface area contributed by atoms with E-state index >= 15 is 0 Å². The van der Waals surface area contributed by atoms with Gasteiger partial charge < -0.3 is 19.0 Å². The molecule has 0 saturated heterocycles. The third-order valence-electron chi connectivity index (χ3n) is 6.21. The van der Waals surface area contributed by atoms with Crippen molar-refractivity contribution in [3.8, 4) is 11.8 Å². The third-order valence-corrected chi connectivity index (χ3v) is 6.21. The summed E-state index contributed by atoms with van der Waals surface area (Å²) in [6.45, 7) is 4.89. The number of aryl methyl sites for hydroxylation is 1. The number of carbonyl (C=O) groups excluding carboxylic acids is 1. The maximum atomic E-state index is 11.2. The molecule has 176 valence electrons. The zero-order valence-electron chi connectivity index (χ0n) is 19.8. The first-order valence-electron chi connectivity index (χ1n) is 11.9. The van der Waals surface area contributed by atoms with Crippen LogP contribution in [-0.2, 0) is 23.2 Å². The summed E-state index contributed by atoms with van der Waals surface area (Å²) in [5.74, 6) is 1.32. The number of nitrogens with zero attached hydrogens (tertiary/aromatic N) is 2. The van der Waals surface area contributed by atoms with E-state index in [2.05, 4.69) is 19.1 Å². The number of fused-ring (bicyclic) bond motifs is 1. The summed E-state index contributed by atoms with van der Waals surface area (Å²) in [6.07, 6.45) is 4.82. The number of hydrogen-bond acceptors (Lipinski definition) is 5. The molecule has 0 bridgehead atoms. The Balaban J connectivity index is 1.30. The first-order valence-corrected chi connectivity index (χ1v) is 11.9. The molecule has 1 aliphatic carbocycles. The topological polar surface area (TPSA) is 62.6 Å². The van der Waals surface area contributed by atoms with Crippen LogP contribution in [0.25, 0.3) is 11.0 Å². The van der Waals surface area contributed by atoms with E-state index in [-0.39, 0.29) is 23.9 Å². The minimum absolute atomic E-state index is 0.142. The first-order chi connectivity index (χ1) is 16.0. The van der Waals surface area contributed by atoms with Crippen LogP contribution >= 0.6 is 0 Å². The lowest BCUT2D eigenvalue weighted by Gasteiger charge is -2.29. The van der Waals surface area contributed by atoms with Gasteiger partial charge in [-0.2, -0.15) is 4.98 Å². The maximum absolute atomic E-state index is 11.2. The maximum Gasteiger partial charge on any atom is 0.297 e. The van der Waals surface area contributed by atoms with Crippen LogP contribution < -0.4 is 9.47 Å². The second-order valence-electron chi connectivity index (χ2n) is 9.24. The van der Waals surface area contributed by atoms with Gasteiger partial charge in [-0.05, 0) is 56.2 Å². The van der Waals surface area contributed by atoms with E-state index in [1.807, 2.05) is 48.0 Å². The van der Waals surface area contributed by atoms with Gasteiger partial charge in [0.05, 0.1) is 17.1 Å². The average molecular weight is 451 g/mol.